The Labute approximate surface area is 122 Å². The number of fused-ring (bicyclic) bond motifs is 1. The number of carbonyl (C=O) groups excluding carboxylic acids is 2. The van der Waals surface area contributed by atoms with Gasteiger partial charge in [0.15, 0.2) is 5.76 Å². The van der Waals surface area contributed by atoms with Crippen molar-refractivity contribution in [3.05, 3.63) is 29.5 Å². The molecule has 21 heavy (non-hydrogen) atoms. The molecule has 6 nitrogen and oxygen atoms in total. The van der Waals surface area contributed by atoms with Crippen LogP contribution in [0.15, 0.2) is 22.6 Å². The van der Waals surface area contributed by atoms with E-state index in [1.807, 2.05) is 13.0 Å². The monoisotopic (exact) mass is 290 g/mol. The van der Waals surface area contributed by atoms with Crippen LogP contribution in [-0.2, 0) is 4.79 Å². The second kappa shape index (κ2) is 5.87. The Morgan fingerprint density at radius 1 is 1.38 bits per heavy atom. The second-order valence-electron chi connectivity index (χ2n) is 4.75. The molecule has 0 atom stereocenters. The molecule has 0 bridgehead atoms. The van der Waals surface area contributed by atoms with Crippen LogP contribution >= 0.6 is 0 Å². The van der Waals surface area contributed by atoms with E-state index in [9.17, 15) is 9.59 Å². The Morgan fingerprint density at radius 2 is 2.10 bits per heavy atom. The molecule has 6 heteroatoms. The van der Waals surface area contributed by atoms with E-state index in [1.165, 1.54) is 11.9 Å². The molecule has 0 spiro atoms. The lowest BCUT2D eigenvalue weighted by Crippen LogP contribution is -2.36. The summed E-state index contributed by atoms with van der Waals surface area (Å²) in [7, 11) is 4.67. The molecule has 0 unspecified atom stereocenters. The number of furan rings is 1. The SMILES string of the molecule is CNC(=O)CN(C)C(=O)c1oc2ccc(OC)cc2c1C. The Kier molecular flexibility index (Phi) is 4.16. The van der Waals surface area contributed by atoms with E-state index >= 15 is 0 Å². The van der Waals surface area contributed by atoms with Crippen molar-refractivity contribution in [1.82, 2.24) is 10.2 Å². The van der Waals surface area contributed by atoms with E-state index in [0.717, 1.165) is 10.9 Å². The molecule has 0 aliphatic rings. The zero-order valence-electron chi connectivity index (χ0n) is 12.5. The fourth-order valence-electron chi connectivity index (χ4n) is 2.07. The highest BCUT2D eigenvalue weighted by Gasteiger charge is 2.22. The topological polar surface area (TPSA) is 71.8 Å². The Bertz CT molecular complexity index is 690. The largest absolute Gasteiger partial charge is 0.497 e. The van der Waals surface area contributed by atoms with Crippen LogP contribution in [0.1, 0.15) is 16.1 Å². The van der Waals surface area contributed by atoms with Crippen molar-refractivity contribution in [3.63, 3.8) is 0 Å². The van der Waals surface area contributed by atoms with E-state index in [-0.39, 0.29) is 24.1 Å². The smallest absolute Gasteiger partial charge is 0.290 e. The van der Waals surface area contributed by atoms with Gasteiger partial charge in [0.05, 0.1) is 13.7 Å². The van der Waals surface area contributed by atoms with Crippen LogP contribution in [0.2, 0.25) is 0 Å². The van der Waals surface area contributed by atoms with Gasteiger partial charge >= 0.3 is 0 Å². The number of benzene rings is 1. The van der Waals surface area contributed by atoms with E-state index in [2.05, 4.69) is 5.32 Å². The second-order valence-corrected chi connectivity index (χ2v) is 4.75. The van der Waals surface area contributed by atoms with Crippen LogP contribution in [0.5, 0.6) is 5.75 Å². The number of ether oxygens (including phenoxy) is 1. The number of rotatable bonds is 4. The fourth-order valence-corrected chi connectivity index (χ4v) is 2.07. The Hall–Kier alpha value is -2.50. The zero-order chi connectivity index (χ0) is 15.6. The first-order valence-electron chi connectivity index (χ1n) is 6.51. The summed E-state index contributed by atoms with van der Waals surface area (Å²) in [5.74, 6) is 0.376. The van der Waals surface area contributed by atoms with Gasteiger partial charge in [0.1, 0.15) is 11.3 Å². The van der Waals surface area contributed by atoms with Crippen molar-refractivity contribution in [2.75, 3.05) is 27.7 Å². The van der Waals surface area contributed by atoms with Gasteiger partial charge in [-0.2, -0.15) is 0 Å². The lowest BCUT2D eigenvalue weighted by molar-refractivity contribution is -0.121. The summed E-state index contributed by atoms with van der Waals surface area (Å²) in [5.41, 5.74) is 1.35. The maximum atomic E-state index is 12.4. The summed E-state index contributed by atoms with van der Waals surface area (Å²) in [4.78, 5) is 25.0. The maximum Gasteiger partial charge on any atom is 0.290 e. The van der Waals surface area contributed by atoms with E-state index < -0.39 is 0 Å². The third-order valence-corrected chi connectivity index (χ3v) is 3.34. The van der Waals surface area contributed by atoms with E-state index in [4.69, 9.17) is 9.15 Å². The molecule has 0 fully saturated rings. The van der Waals surface area contributed by atoms with E-state index in [0.29, 0.717) is 11.3 Å². The average Bonchev–Trinajstić information content (AvgIpc) is 2.82. The van der Waals surface area contributed by atoms with Crippen LogP contribution in [0.25, 0.3) is 11.0 Å². The van der Waals surface area contributed by atoms with Crippen LogP contribution in [-0.4, -0.2) is 44.5 Å². The molecule has 0 aliphatic heterocycles. The number of amides is 2. The van der Waals surface area contributed by atoms with Gasteiger partial charge in [-0.15, -0.1) is 0 Å². The molecular weight excluding hydrogens is 272 g/mol. The number of nitrogens with zero attached hydrogens (tertiary/aromatic N) is 1. The highest BCUT2D eigenvalue weighted by Crippen LogP contribution is 2.29. The first-order valence-corrected chi connectivity index (χ1v) is 6.51. The summed E-state index contributed by atoms with van der Waals surface area (Å²) in [6.45, 7) is 1.79. The minimum Gasteiger partial charge on any atom is -0.497 e. The number of methoxy groups -OCH3 is 1. The van der Waals surface area contributed by atoms with Crippen molar-refractivity contribution >= 4 is 22.8 Å². The Balaban J connectivity index is 2.35. The molecule has 1 N–H and O–H groups in total. The molecule has 0 radical (unpaired) electrons. The Morgan fingerprint density at radius 3 is 2.71 bits per heavy atom. The lowest BCUT2D eigenvalue weighted by Gasteiger charge is -2.14. The van der Waals surface area contributed by atoms with Crippen LogP contribution in [0.3, 0.4) is 0 Å². The molecule has 0 saturated carbocycles. The minimum atomic E-state index is -0.328. The number of likely N-dealkylation sites (N-methyl/N-ethyl adjacent to an activating group) is 2. The summed E-state index contributed by atoms with van der Waals surface area (Å²) in [6.07, 6.45) is 0. The van der Waals surface area contributed by atoms with Gasteiger partial charge in [-0.25, -0.2) is 0 Å². The van der Waals surface area contributed by atoms with Gasteiger partial charge < -0.3 is 19.4 Å². The van der Waals surface area contributed by atoms with Crippen molar-refractivity contribution < 1.29 is 18.7 Å². The molecule has 0 aliphatic carbocycles. The molecule has 112 valence electrons. The number of carbonyl (C=O) groups is 2. The number of nitrogens with one attached hydrogen (secondary N) is 1. The van der Waals surface area contributed by atoms with Crippen LogP contribution in [0.4, 0.5) is 0 Å². The molecule has 2 amide bonds. The molecular formula is C15H18N2O4. The molecule has 2 aromatic rings. The van der Waals surface area contributed by atoms with Crippen molar-refractivity contribution in [3.8, 4) is 5.75 Å². The third kappa shape index (κ3) is 2.84. The third-order valence-electron chi connectivity index (χ3n) is 3.34. The van der Waals surface area contributed by atoms with Crippen LogP contribution in [0, 0.1) is 6.92 Å². The summed E-state index contributed by atoms with van der Waals surface area (Å²) in [5, 5.41) is 3.30. The normalized spacial score (nSPS) is 10.5. The lowest BCUT2D eigenvalue weighted by atomic mass is 10.1. The molecule has 2 rings (SSSR count). The minimum absolute atomic E-state index is 0.0187. The van der Waals surface area contributed by atoms with Gasteiger partial charge in [-0.1, -0.05) is 0 Å². The first kappa shape index (κ1) is 14.9. The fraction of sp³-hybridized carbons (Fsp3) is 0.333. The molecule has 1 heterocycles. The van der Waals surface area contributed by atoms with Crippen LogP contribution < -0.4 is 10.1 Å². The number of hydrogen-bond acceptors (Lipinski definition) is 4. The predicted octanol–water partition coefficient (Wildman–Crippen LogP) is 1.57. The quantitative estimate of drug-likeness (QED) is 0.927. The van der Waals surface area contributed by atoms with Gasteiger partial charge in [0, 0.05) is 25.0 Å². The van der Waals surface area contributed by atoms with E-state index in [1.54, 1.807) is 26.3 Å². The molecule has 1 aromatic heterocycles. The maximum absolute atomic E-state index is 12.4. The van der Waals surface area contributed by atoms with Gasteiger partial charge in [-0.3, -0.25) is 9.59 Å². The number of hydrogen-bond donors (Lipinski definition) is 1. The highest BCUT2D eigenvalue weighted by atomic mass is 16.5. The standard InChI is InChI=1S/C15H18N2O4/c1-9-11-7-10(20-4)5-6-12(11)21-14(9)15(19)17(3)8-13(18)16-2/h5-7H,8H2,1-4H3,(H,16,18). The average molecular weight is 290 g/mol. The first-order chi connectivity index (χ1) is 9.97. The molecule has 0 saturated heterocycles. The highest BCUT2D eigenvalue weighted by molar-refractivity contribution is 6.00. The summed E-state index contributed by atoms with van der Waals surface area (Å²) < 4.78 is 10.8. The summed E-state index contributed by atoms with van der Waals surface area (Å²) >= 11 is 0. The zero-order valence-corrected chi connectivity index (χ0v) is 12.5. The van der Waals surface area contributed by atoms with Gasteiger partial charge in [0.2, 0.25) is 5.91 Å². The molecule has 1 aromatic carbocycles. The van der Waals surface area contributed by atoms with Crippen molar-refractivity contribution in [2.45, 2.75) is 6.92 Å². The number of aryl methyl sites for hydroxylation is 1. The predicted molar refractivity (Wildman–Crippen MR) is 78.5 cm³/mol. The van der Waals surface area contributed by atoms with Crippen molar-refractivity contribution in [1.29, 1.82) is 0 Å². The van der Waals surface area contributed by atoms with Gasteiger partial charge in [0.25, 0.3) is 5.91 Å². The summed E-state index contributed by atoms with van der Waals surface area (Å²) in [6, 6.07) is 5.36. The van der Waals surface area contributed by atoms with Crippen molar-refractivity contribution in [2.24, 2.45) is 0 Å². The van der Waals surface area contributed by atoms with Gasteiger partial charge in [-0.05, 0) is 25.1 Å².